The molecule has 1 amide bonds. The fourth-order valence-electron chi connectivity index (χ4n) is 3.01. The number of thiophene rings is 1. The topological polar surface area (TPSA) is 34.0 Å². The number of carbonyl (C=O) groups excluding carboxylic acids is 1. The highest BCUT2D eigenvalue weighted by atomic mass is 32.1. The minimum absolute atomic E-state index is 0.00133. The number of nitrogens with zero attached hydrogens (tertiary/aromatic N) is 1. The van der Waals surface area contributed by atoms with Gasteiger partial charge in [0.2, 0.25) is 0 Å². The van der Waals surface area contributed by atoms with E-state index in [0.29, 0.717) is 6.54 Å². The number of hydrogen-bond donors (Lipinski definition) is 1. The summed E-state index contributed by atoms with van der Waals surface area (Å²) in [6.45, 7) is 6.78. The highest BCUT2D eigenvalue weighted by Gasteiger charge is 2.16. The van der Waals surface area contributed by atoms with Gasteiger partial charge in [0.25, 0.3) is 5.91 Å². The van der Waals surface area contributed by atoms with Crippen molar-refractivity contribution in [1.29, 1.82) is 0 Å². The minimum atomic E-state index is -0.00133. The van der Waals surface area contributed by atoms with E-state index in [1.54, 1.807) is 11.3 Å². The Morgan fingerprint density at radius 1 is 1.12 bits per heavy atom. The summed E-state index contributed by atoms with van der Waals surface area (Å²) in [6.07, 6.45) is 0.875. The Kier molecular flexibility index (Phi) is 4.86. The predicted molar refractivity (Wildman–Crippen MR) is 100 cm³/mol. The molecule has 3 rings (SSSR count). The van der Waals surface area contributed by atoms with Crippen LogP contribution in [0.4, 0.5) is 0 Å². The molecule has 0 atom stereocenters. The first kappa shape index (κ1) is 16.5. The fourth-order valence-corrected chi connectivity index (χ4v) is 3.72. The molecule has 4 heteroatoms. The second-order valence-corrected chi connectivity index (χ2v) is 7.08. The summed E-state index contributed by atoms with van der Waals surface area (Å²) in [5.41, 5.74) is 5.11. The zero-order chi connectivity index (χ0) is 17.1. The summed E-state index contributed by atoms with van der Waals surface area (Å²) < 4.78 is 2.14. The molecular formula is C20H22N2OS. The first-order chi connectivity index (χ1) is 11.6. The zero-order valence-electron chi connectivity index (χ0n) is 14.3. The van der Waals surface area contributed by atoms with Crippen LogP contribution in [0, 0.1) is 20.8 Å². The molecule has 0 aliphatic heterocycles. The molecule has 0 fully saturated rings. The summed E-state index contributed by atoms with van der Waals surface area (Å²) in [5.74, 6) is -0.00133. The van der Waals surface area contributed by atoms with Crippen LogP contribution in [-0.4, -0.2) is 17.0 Å². The van der Waals surface area contributed by atoms with Crippen LogP contribution in [0.15, 0.2) is 47.8 Å². The standard InChI is InChI=1S/C20H22N2OS/c1-14-6-4-7-17(12-14)22-15(2)13-19(16(22)3)20(23)21-10-9-18-8-5-11-24-18/h4-8,11-13H,9-10H2,1-3H3,(H,21,23). The maximum Gasteiger partial charge on any atom is 0.253 e. The summed E-state index contributed by atoms with van der Waals surface area (Å²) >= 11 is 1.72. The van der Waals surface area contributed by atoms with E-state index in [-0.39, 0.29) is 5.91 Å². The fraction of sp³-hybridized carbons (Fsp3) is 0.250. The number of aromatic nitrogens is 1. The molecule has 0 saturated heterocycles. The van der Waals surface area contributed by atoms with E-state index in [4.69, 9.17) is 0 Å². The number of aryl methyl sites for hydroxylation is 2. The lowest BCUT2D eigenvalue weighted by molar-refractivity contribution is 0.0953. The van der Waals surface area contributed by atoms with Crippen molar-refractivity contribution in [2.24, 2.45) is 0 Å². The molecule has 3 aromatic rings. The van der Waals surface area contributed by atoms with E-state index in [0.717, 1.165) is 29.1 Å². The molecule has 0 radical (unpaired) electrons. The molecule has 2 heterocycles. The highest BCUT2D eigenvalue weighted by Crippen LogP contribution is 2.21. The molecule has 124 valence electrons. The van der Waals surface area contributed by atoms with Crippen LogP contribution >= 0.6 is 11.3 Å². The molecule has 0 aliphatic carbocycles. The lowest BCUT2D eigenvalue weighted by Gasteiger charge is -2.11. The molecule has 0 spiro atoms. The number of rotatable bonds is 5. The summed E-state index contributed by atoms with van der Waals surface area (Å²) in [7, 11) is 0. The molecule has 1 N–H and O–H groups in total. The first-order valence-electron chi connectivity index (χ1n) is 8.13. The van der Waals surface area contributed by atoms with Crippen molar-refractivity contribution in [3.8, 4) is 5.69 Å². The lowest BCUT2D eigenvalue weighted by atomic mass is 10.2. The number of nitrogens with one attached hydrogen (secondary N) is 1. The van der Waals surface area contributed by atoms with Gasteiger partial charge in [-0.15, -0.1) is 11.3 Å². The van der Waals surface area contributed by atoms with E-state index in [1.165, 1.54) is 10.4 Å². The molecule has 0 aliphatic rings. The van der Waals surface area contributed by atoms with Gasteiger partial charge < -0.3 is 9.88 Å². The maximum absolute atomic E-state index is 12.5. The van der Waals surface area contributed by atoms with Crippen molar-refractivity contribution in [1.82, 2.24) is 9.88 Å². The lowest BCUT2D eigenvalue weighted by Crippen LogP contribution is -2.25. The normalized spacial score (nSPS) is 10.8. The average molecular weight is 338 g/mol. The Labute approximate surface area is 147 Å². The van der Waals surface area contributed by atoms with Crippen molar-refractivity contribution in [3.63, 3.8) is 0 Å². The van der Waals surface area contributed by atoms with Crippen molar-refractivity contribution < 1.29 is 4.79 Å². The third-order valence-electron chi connectivity index (χ3n) is 4.17. The number of amides is 1. The predicted octanol–water partition coefficient (Wildman–Crippen LogP) is 4.44. The molecule has 0 unspecified atom stereocenters. The zero-order valence-corrected chi connectivity index (χ0v) is 15.1. The van der Waals surface area contributed by atoms with Crippen molar-refractivity contribution in [2.75, 3.05) is 6.54 Å². The van der Waals surface area contributed by atoms with Gasteiger partial charge in [0.15, 0.2) is 0 Å². The second kappa shape index (κ2) is 7.05. The Morgan fingerprint density at radius 2 is 1.96 bits per heavy atom. The smallest absolute Gasteiger partial charge is 0.253 e. The van der Waals surface area contributed by atoms with Gasteiger partial charge in [0.05, 0.1) is 5.56 Å². The van der Waals surface area contributed by atoms with Gasteiger partial charge in [-0.2, -0.15) is 0 Å². The van der Waals surface area contributed by atoms with Crippen molar-refractivity contribution in [3.05, 3.63) is 75.2 Å². The van der Waals surface area contributed by atoms with Crippen molar-refractivity contribution >= 4 is 17.2 Å². The van der Waals surface area contributed by atoms with Gasteiger partial charge in [-0.05, 0) is 62.4 Å². The van der Waals surface area contributed by atoms with Crippen LogP contribution in [0.1, 0.15) is 32.2 Å². The van der Waals surface area contributed by atoms with Crippen molar-refractivity contribution in [2.45, 2.75) is 27.2 Å². The van der Waals surface area contributed by atoms with E-state index >= 15 is 0 Å². The van der Waals surface area contributed by atoms with Gasteiger partial charge >= 0.3 is 0 Å². The van der Waals surface area contributed by atoms with Crippen LogP contribution < -0.4 is 5.32 Å². The molecule has 1 aromatic carbocycles. The van der Waals surface area contributed by atoms with E-state index < -0.39 is 0 Å². The largest absolute Gasteiger partial charge is 0.352 e. The van der Waals surface area contributed by atoms with Gasteiger partial charge in [-0.1, -0.05) is 18.2 Å². The van der Waals surface area contributed by atoms with Crippen LogP contribution in [0.2, 0.25) is 0 Å². The molecule has 24 heavy (non-hydrogen) atoms. The summed E-state index contributed by atoms with van der Waals surface area (Å²) in [5, 5.41) is 5.10. The first-order valence-corrected chi connectivity index (χ1v) is 9.01. The monoisotopic (exact) mass is 338 g/mol. The minimum Gasteiger partial charge on any atom is -0.352 e. The molecule has 0 saturated carbocycles. The quantitative estimate of drug-likeness (QED) is 0.733. The van der Waals surface area contributed by atoms with Crippen LogP contribution in [0.5, 0.6) is 0 Å². The summed E-state index contributed by atoms with van der Waals surface area (Å²) in [6, 6.07) is 14.4. The number of carbonyl (C=O) groups is 1. The molecule has 3 nitrogen and oxygen atoms in total. The van der Waals surface area contributed by atoms with Crippen LogP contribution in [0.3, 0.4) is 0 Å². The van der Waals surface area contributed by atoms with Gasteiger partial charge in [-0.25, -0.2) is 0 Å². The third kappa shape index (κ3) is 3.44. The average Bonchev–Trinajstić information content (AvgIpc) is 3.15. The maximum atomic E-state index is 12.5. The van der Waals surface area contributed by atoms with Gasteiger partial charge in [0.1, 0.15) is 0 Å². The SMILES string of the molecule is Cc1cccc(-n2c(C)cc(C(=O)NCCc3cccs3)c2C)c1. The molecule has 2 aromatic heterocycles. The third-order valence-corrected chi connectivity index (χ3v) is 5.11. The van der Waals surface area contributed by atoms with Gasteiger partial charge in [0, 0.05) is 28.5 Å². The van der Waals surface area contributed by atoms with E-state index in [2.05, 4.69) is 46.5 Å². The van der Waals surface area contributed by atoms with Crippen LogP contribution in [-0.2, 0) is 6.42 Å². The number of hydrogen-bond acceptors (Lipinski definition) is 2. The van der Waals surface area contributed by atoms with E-state index in [9.17, 15) is 4.79 Å². The highest BCUT2D eigenvalue weighted by molar-refractivity contribution is 7.09. The second-order valence-electron chi connectivity index (χ2n) is 6.04. The number of benzene rings is 1. The Hall–Kier alpha value is -2.33. The van der Waals surface area contributed by atoms with E-state index in [1.807, 2.05) is 32.0 Å². The summed E-state index contributed by atoms with van der Waals surface area (Å²) in [4.78, 5) is 13.8. The Balaban J connectivity index is 1.76. The Bertz CT molecular complexity index is 847. The van der Waals surface area contributed by atoms with Crippen LogP contribution in [0.25, 0.3) is 5.69 Å². The Morgan fingerprint density at radius 3 is 2.67 bits per heavy atom. The van der Waals surface area contributed by atoms with Gasteiger partial charge in [-0.3, -0.25) is 4.79 Å². The molecular weight excluding hydrogens is 316 g/mol. The molecule has 0 bridgehead atoms.